The van der Waals surface area contributed by atoms with Crippen LogP contribution in [-0.4, -0.2) is 46.9 Å². The number of aliphatic hydroxyl groups excluding tert-OH is 2. The van der Waals surface area contributed by atoms with Crippen molar-refractivity contribution in [1.29, 1.82) is 0 Å². The molecule has 1 aliphatic heterocycles. The van der Waals surface area contributed by atoms with E-state index in [1.807, 2.05) is 0 Å². The third-order valence-corrected chi connectivity index (χ3v) is 2.20. The molecule has 0 aromatic heterocycles. The van der Waals surface area contributed by atoms with Crippen LogP contribution in [0, 0.1) is 11.1 Å². The van der Waals surface area contributed by atoms with Gasteiger partial charge in [-0.25, -0.2) is 0 Å². The van der Waals surface area contributed by atoms with Crippen LogP contribution < -0.4 is 0 Å². The van der Waals surface area contributed by atoms with E-state index in [-0.39, 0.29) is 4.90 Å². The van der Waals surface area contributed by atoms with Gasteiger partial charge in [-0.1, -0.05) is 0 Å². The molecule has 6 nitrogen and oxygen atoms in total. The maximum Gasteiger partial charge on any atom is 0.216 e. The molecule has 0 saturated carbocycles. The first-order valence-electron chi connectivity index (χ1n) is 4.41. The molecule has 0 saturated heterocycles. The molecule has 14 heavy (non-hydrogen) atoms. The Morgan fingerprint density at radius 2 is 2.29 bits per heavy atom. The normalized spacial score (nSPS) is 31.6. The standard InChI is InChI=1S/C8H15NO5/c1-5(10)8(11)6-3-7(13-2)14-9(12)4-6/h4-8,10-11H,3H2,1-2H3/t5?,6-,7-,8?/m0/s1. The van der Waals surface area contributed by atoms with Gasteiger partial charge in [0.15, 0.2) is 6.29 Å². The van der Waals surface area contributed by atoms with Crippen LogP contribution in [0.5, 0.6) is 0 Å². The van der Waals surface area contributed by atoms with Crippen LogP contribution in [0.4, 0.5) is 0 Å². The largest absolute Gasteiger partial charge is 0.391 e. The highest BCUT2D eigenvalue weighted by Gasteiger charge is 2.32. The summed E-state index contributed by atoms with van der Waals surface area (Å²) in [5.74, 6) is -0.453. The molecule has 1 rings (SSSR count). The summed E-state index contributed by atoms with van der Waals surface area (Å²) in [4.78, 5) is 4.96. The summed E-state index contributed by atoms with van der Waals surface area (Å²) in [6.45, 7) is 1.46. The molecule has 2 N–H and O–H groups in total. The quantitative estimate of drug-likeness (QED) is 0.591. The molecule has 4 atom stereocenters. The van der Waals surface area contributed by atoms with Crippen LogP contribution in [0.1, 0.15) is 13.3 Å². The van der Waals surface area contributed by atoms with Crippen molar-refractivity contribution in [3.63, 3.8) is 0 Å². The van der Waals surface area contributed by atoms with Gasteiger partial charge < -0.3 is 19.8 Å². The van der Waals surface area contributed by atoms with Crippen LogP contribution in [0.15, 0.2) is 0 Å². The Bertz CT molecular complexity index is 218. The minimum Gasteiger partial charge on any atom is -0.391 e. The number of ether oxygens (including phenoxy) is 1. The Hall–Kier alpha value is -0.850. The molecule has 0 radical (unpaired) electrons. The second-order valence-corrected chi connectivity index (χ2v) is 3.34. The summed E-state index contributed by atoms with van der Waals surface area (Å²) in [5, 5.41) is 29.6. The molecule has 0 spiro atoms. The Kier molecular flexibility index (Phi) is 3.68. The molecular weight excluding hydrogens is 190 g/mol. The van der Waals surface area contributed by atoms with Gasteiger partial charge in [0.05, 0.1) is 18.1 Å². The first-order chi connectivity index (χ1) is 6.54. The zero-order valence-electron chi connectivity index (χ0n) is 8.16. The van der Waals surface area contributed by atoms with E-state index < -0.39 is 24.4 Å². The summed E-state index contributed by atoms with van der Waals surface area (Å²) in [5.41, 5.74) is 0. The van der Waals surface area contributed by atoms with Gasteiger partial charge in [0.2, 0.25) is 6.21 Å². The van der Waals surface area contributed by atoms with Crippen molar-refractivity contribution >= 4 is 6.21 Å². The lowest BCUT2D eigenvalue weighted by Gasteiger charge is -2.28. The molecule has 1 heterocycles. The summed E-state index contributed by atoms with van der Waals surface area (Å²) in [6, 6.07) is 0. The molecule has 0 amide bonds. The van der Waals surface area contributed by atoms with Crippen LogP contribution in [0.3, 0.4) is 0 Å². The van der Waals surface area contributed by atoms with Gasteiger partial charge in [-0.05, 0) is 6.92 Å². The van der Waals surface area contributed by atoms with Crippen molar-refractivity contribution in [2.45, 2.75) is 31.8 Å². The smallest absolute Gasteiger partial charge is 0.216 e. The predicted octanol–water partition coefficient (Wildman–Crippen LogP) is -0.767. The fourth-order valence-electron chi connectivity index (χ4n) is 1.36. The Morgan fingerprint density at radius 3 is 2.79 bits per heavy atom. The molecule has 0 fully saturated rings. The number of aliphatic hydroxyl groups is 2. The van der Waals surface area contributed by atoms with Crippen molar-refractivity contribution in [1.82, 2.24) is 0 Å². The van der Waals surface area contributed by atoms with E-state index in [1.165, 1.54) is 20.2 Å². The summed E-state index contributed by atoms with van der Waals surface area (Å²) in [6.07, 6.45) is -1.00. The van der Waals surface area contributed by atoms with Crippen molar-refractivity contribution < 1.29 is 24.7 Å². The SMILES string of the molecule is CO[C@@H]1C[C@H](C(O)C(C)O)C=[N+]([O-])O1. The molecule has 2 unspecified atom stereocenters. The van der Waals surface area contributed by atoms with Crippen molar-refractivity contribution in [2.75, 3.05) is 7.11 Å². The third-order valence-electron chi connectivity index (χ3n) is 2.20. The minimum absolute atomic E-state index is 0.258. The topological polar surface area (TPSA) is 85.0 Å². The average Bonchev–Trinajstić information content (AvgIpc) is 2.15. The number of nitrogens with zero attached hydrogens (tertiary/aromatic N) is 1. The minimum atomic E-state index is -0.979. The van der Waals surface area contributed by atoms with Crippen LogP contribution >= 0.6 is 0 Å². The van der Waals surface area contributed by atoms with E-state index in [4.69, 9.17) is 14.7 Å². The molecule has 0 aromatic carbocycles. The second kappa shape index (κ2) is 4.59. The first kappa shape index (κ1) is 11.2. The molecule has 6 heteroatoms. The second-order valence-electron chi connectivity index (χ2n) is 3.34. The van der Waals surface area contributed by atoms with Crippen molar-refractivity contribution in [2.24, 2.45) is 5.92 Å². The monoisotopic (exact) mass is 205 g/mol. The highest BCUT2D eigenvalue weighted by atomic mass is 16.9. The zero-order chi connectivity index (χ0) is 10.7. The lowest BCUT2D eigenvalue weighted by atomic mass is 9.95. The lowest BCUT2D eigenvalue weighted by molar-refractivity contribution is -0.769. The van der Waals surface area contributed by atoms with Crippen molar-refractivity contribution in [3.05, 3.63) is 5.21 Å². The highest BCUT2D eigenvalue weighted by molar-refractivity contribution is 5.56. The van der Waals surface area contributed by atoms with Crippen LogP contribution in [0.25, 0.3) is 0 Å². The van der Waals surface area contributed by atoms with Gasteiger partial charge in [-0.3, -0.25) is 5.21 Å². The predicted molar refractivity (Wildman–Crippen MR) is 47.4 cm³/mol. The summed E-state index contributed by atoms with van der Waals surface area (Å²) < 4.78 is 4.85. The van der Waals surface area contributed by atoms with Gasteiger partial charge in [-0.15, -0.1) is 0 Å². The molecule has 0 aromatic rings. The Balaban J connectivity index is 2.65. The Labute approximate surface area is 81.9 Å². The van der Waals surface area contributed by atoms with Crippen LogP contribution in [-0.2, 0) is 9.57 Å². The molecule has 0 aliphatic carbocycles. The first-order valence-corrected chi connectivity index (χ1v) is 4.41. The number of hydrogen-bond acceptors (Lipinski definition) is 5. The molecule has 1 aliphatic rings. The maximum atomic E-state index is 10.9. The Morgan fingerprint density at radius 1 is 1.64 bits per heavy atom. The molecule has 82 valence electrons. The average molecular weight is 205 g/mol. The van der Waals surface area contributed by atoms with Gasteiger partial charge in [0.25, 0.3) is 0 Å². The molecule has 0 bridgehead atoms. The number of methoxy groups -OCH3 is 1. The van der Waals surface area contributed by atoms with E-state index in [0.717, 1.165) is 0 Å². The third kappa shape index (κ3) is 2.57. The van der Waals surface area contributed by atoms with E-state index in [0.29, 0.717) is 6.42 Å². The van der Waals surface area contributed by atoms with Gasteiger partial charge in [0.1, 0.15) is 0 Å². The lowest BCUT2D eigenvalue weighted by Crippen LogP contribution is -2.41. The van der Waals surface area contributed by atoms with E-state index in [2.05, 4.69) is 0 Å². The van der Waals surface area contributed by atoms with E-state index in [9.17, 15) is 10.3 Å². The van der Waals surface area contributed by atoms with Gasteiger partial charge >= 0.3 is 0 Å². The molecular formula is C8H15NO5. The van der Waals surface area contributed by atoms with Crippen LogP contribution in [0.2, 0.25) is 0 Å². The van der Waals surface area contributed by atoms with E-state index >= 15 is 0 Å². The highest BCUT2D eigenvalue weighted by Crippen LogP contribution is 2.18. The number of rotatable bonds is 3. The number of hydrogen-bond donors (Lipinski definition) is 2. The van der Waals surface area contributed by atoms with Crippen molar-refractivity contribution in [3.8, 4) is 0 Å². The fourth-order valence-corrected chi connectivity index (χ4v) is 1.36. The fraction of sp³-hybridized carbons (Fsp3) is 0.875. The summed E-state index contributed by atoms with van der Waals surface area (Å²) >= 11 is 0. The summed E-state index contributed by atoms with van der Waals surface area (Å²) in [7, 11) is 1.41. The zero-order valence-corrected chi connectivity index (χ0v) is 8.16. The maximum absolute atomic E-state index is 10.9. The van der Waals surface area contributed by atoms with E-state index in [1.54, 1.807) is 0 Å². The van der Waals surface area contributed by atoms with Gasteiger partial charge in [0, 0.05) is 18.4 Å². The van der Waals surface area contributed by atoms with Gasteiger partial charge in [-0.2, -0.15) is 0 Å².